The van der Waals surface area contributed by atoms with Crippen molar-refractivity contribution < 1.29 is 14.3 Å². The van der Waals surface area contributed by atoms with Crippen LogP contribution >= 0.6 is 0 Å². The van der Waals surface area contributed by atoms with Crippen LogP contribution in [0.2, 0.25) is 0 Å². The van der Waals surface area contributed by atoms with E-state index in [9.17, 15) is 5.11 Å². The molecule has 4 heteroatoms. The van der Waals surface area contributed by atoms with Gasteiger partial charge in [0.1, 0.15) is 23.0 Å². The summed E-state index contributed by atoms with van der Waals surface area (Å²) in [6.07, 6.45) is 0. The van der Waals surface area contributed by atoms with E-state index in [1.807, 2.05) is 32.9 Å². The predicted octanol–water partition coefficient (Wildman–Crippen LogP) is 4.02. The number of benzene rings is 1. The third kappa shape index (κ3) is 3.39. The lowest BCUT2D eigenvalue weighted by Gasteiger charge is -2.21. The second kappa shape index (κ2) is 6.22. The van der Waals surface area contributed by atoms with Crippen LogP contribution in [0.1, 0.15) is 48.6 Å². The van der Waals surface area contributed by atoms with Crippen molar-refractivity contribution in [1.82, 2.24) is 5.32 Å². The number of methoxy groups -OCH3 is 1. The van der Waals surface area contributed by atoms with Gasteiger partial charge in [0.15, 0.2) is 0 Å². The van der Waals surface area contributed by atoms with Gasteiger partial charge in [-0.25, -0.2) is 0 Å². The molecule has 0 spiro atoms. The van der Waals surface area contributed by atoms with Crippen LogP contribution < -0.4 is 10.1 Å². The van der Waals surface area contributed by atoms with Gasteiger partial charge in [-0.3, -0.25) is 0 Å². The lowest BCUT2D eigenvalue weighted by atomic mass is 10.0. The molecule has 0 aliphatic carbocycles. The molecule has 21 heavy (non-hydrogen) atoms. The van der Waals surface area contributed by atoms with E-state index < -0.39 is 0 Å². The summed E-state index contributed by atoms with van der Waals surface area (Å²) in [4.78, 5) is 0. The molecule has 0 aliphatic heterocycles. The van der Waals surface area contributed by atoms with Crippen molar-refractivity contribution in [3.05, 3.63) is 46.9 Å². The Morgan fingerprint density at radius 1 is 1.10 bits per heavy atom. The Hall–Kier alpha value is -1.94. The number of nitrogens with one attached hydrogen (secondary N) is 1. The molecule has 2 rings (SSSR count). The molecule has 0 saturated carbocycles. The van der Waals surface area contributed by atoms with Crippen LogP contribution in [-0.2, 0) is 0 Å². The van der Waals surface area contributed by atoms with Crippen LogP contribution in [0.5, 0.6) is 11.5 Å². The number of furan rings is 1. The second-order valence-electron chi connectivity index (χ2n) is 5.40. The van der Waals surface area contributed by atoms with Crippen LogP contribution in [0.4, 0.5) is 0 Å². The zero-order valence-corrected chi connectivity index (χ0v) is 13.2. The molecule has 2 atom stereocenters. The largest absolute Gasteiger partial charge is 0.508 e. The first-order chi connectivity index (χ1) is 9.92. The topological polar surface area (TPSA) is 54.6 Å². The van der Waals surface area contributed by atoms with Gasteiger partial charge in [0.2, 0.25) is 0 Å². The number of hydrogen-bond acceptors (Lipinski definition) is 4. The Kier molecular flexibility index (Phi) is 4.58. The minimum atomic E-state index is -0.00953. The number of rotatable bonds is 5. The van der Waals surface area contributed by atoms with E-state index in [4.69, 9.17) is 9.15 Å². The maximum absolute atomic E-state index is 10.0. The molecule has 4 nitrogen and oxygen atoms in total. The quantitative estimate of drug-likeness (QED) is 0.872. The molecule has 0 saturated heterocycles. The molecule has 2 N–H and O–H groups in total. The van der Waals surface area contributed by atoms with Crippen molar-refractivity contribution in [3.8, 4) is 11.5 Å². The van der Waals surface area contributed by atoms with E-state index in [2.05, 4.69) is 12.2 Å². The Morgan fingerprint density at radius 3 is 2.33 bits per heavy atom. The third-order valence-corrected chi connectivity index (χ3v) is 3.75. The first-order valence-corrected chi connectivity index (χ1v) is 7.12. The van der Waals surface area contributed by atoms with Crippen molar-refractivity contribution in [3.63, 3.8) is 0 Å². The summed E-state index contributed by atoms with van der Waals surface area (Å²) in [6, 6.07) is 7.43. The van der Waals surface area contributed by atoms with Gasteiger partial charge in [0, 0.05) is 23.2 Å². The maximum Gasteiger partial charge on any atom is 0.120 e. The third-order valence-electron chi connectivity index (χ3n) is 3.75. The van der Waals surface area contributed by atoms with Gasteiger partial charge in [-0.1, -0.05) is 0 Å². The van der Waals surface area contributed by atoms with Crippen molar-refractivity contribution in [2.75, 3.05) is 7.11 Å². The van der Waals surface area contributed by atoms with Gasteiger partial charge >= 0.3 is 0 Å². The minimum absolute atomic E-state index is 0.00953. The summed E-state index contributed by atoms with van der Waals surface area (Å²) in [5.41, 5.74) is 1.96. The van der Waals surface area contributed by atoms with E-state index >= 15 is 0 Å². The smallest absolute Gasteiger partial charge is 0.120 e. The summed E-state index contributed by atoms with van der Waals surface area (Å²) < 4.78 is 10.8. The van der Waals surface area contributed by atoms with Crippen molar-refractivity contribution in [2.45, 2.75) is 39.8 Å². The number of aryl methyl sites for hydroxylation is 2. The van der Waals surface area contributed by atoms with Gasteiger partial charge in [-0.05, 0) is 52.0 Å². The average Bonchev–Trinajstić information content (AvgIpc) is 2.78. The van der Waals surface area contributed by atoms with Crippen molar-refractivity contribution in [1.29, 1.82) is 0 Å². The lowest BCUT2D eigenvalue weighted by Crippen LogP contribution is -2.22. The van der Waals surface area contributed by atoms with E-state index in [1.165, 1.54) is 0 Å². The summed E-state index contributed by atoms with van der Waals surface area (Å²) >= 11 is 0. The Balaban J connectivity index is 2.17. The Morgan fingerprint density at radius 2 is 1.76 bits per heavy atom. The molecule has 1 aromatic heterocycles. The van der Waals surface area contributed by atoms with E-state index in [1.54, 1.807) is 19.2 Å². The summed E-state index contributed by atoms with van der Waals surface area (Å²) in [7, 11) is 1.62. The Labute approximate surface area is 125 Å². The first-order valence-electron chi connectivity index (χ1n) is 7.12. The van der Waals surface area contributed by atoms with Gasteiger partial charge in [0.25, 0.3) is 0 Å². The fraction of sp³-hybridized carbons (Fsp3) is 0.412. The van der Waals surface area contributed by atoms with Gasteiger partial charge in [-0.2, -0.15) is 0 Å². The lowest BCUT2D eigenvalue weighted by molar-refractivity contribution is 0.404. The van der Waals surface area contributed by atoms with Gasteiger partial charge in [0.05, 0.1) is 7.11 Å². The molecular weight excluding hydrogens is 266 g/mol. The zero-order valence-electron chi connectivity index (χ0n) is 13.2. The molecule has 1 aromatic carbocycles. The summed E-state index contributed by atoms with van der Waals surface area (Å²) in [5.74, 6) is 2.84. The number of aromatic hydroxyl groups is 1. The standard InChI is InChI=1S/C17H23NO3/c1-10-8-15(13(4)21-10)11(2)18-12(3)16-9-14(20-5)6-7-17(16)19/h6-9,11-12,18-19H,1-5H3. The SMILES string of the molecule is COc1ccc(O)c(C(C)NC(C)c2cc(C)oc2C)c1. The first kappa shape index (κ1) is 15.4. The highest BCUT2D eigenvalue weighted by atomic mass is 16.5. The maximum atomic E-state index is 10.0. The Bertz CT molecular complexity index is 618. The van der Waals surface area contributed by atoms with Gasteiger partial charge in [-0.15, -0.1) is 0 Å². The number of hydrogen-bond donors (Lipinski definition) is 2. The number of phenols is 1. The molecule has 0 fully saturated rings. The number of ether oxygens (including phenoxy) is 1. The molecule has 2 unspecified atom stereocenters. The van der Waals surface area contributed by atoms with Crippen LogP contribution in [-0.4, -0.2) is 12.2 Å². The summed E-state index contributed by atoms with van der Waals surface area (Å²) in [5, 5.41) is 13.5. The van der Waals surface area contributed by atoms with Crippen LogP contribution in [0.25, 0.3) is 0 Å². The second-order valence-corrected chi connectivity index (χ2v) is 5.40. The normalized spacial score (nSPS) is 14.0. The van der Waals surface area contributed by atoms with Crippen LogP contribution in [0, 0.1) is 13.8 Å². The van der Waals surface area contributed by atoms with E-state index in [0.29, 0.717) is 0 Å². The fourth-order valence-corrected chi connectivity index (χ4v) is 2.64. The van der Waals surface area contributed by atoms with Crippen molar-refractivity contribution in [2.24, 2.45) is 0 Å². The highest BCUT2D eigenvalue weighted by Gasteiger charge is 2.18. The molecule has 0 radical (unpaired) electrons. The molecule has 114 valence electrons. The molecule has 1 heterocycles. The van der Waals surface area contributed by atoms with Crippen LogP contribution in [0.3, 0.4) is 0 Å². The van der Waals surface area contributed by atoms with Crippen LogP contribution in [0.15, 0.2) is 28.7 Å². The molecular formula is C17H23NO3. The highest BCUT2D eigenvalue weighted by molar-refractivity contribution is 5.41. The molecule has 0 bridgehead atoms. The van der Waals surface area contributed by atoms with Gasteiger partial charge < -0.3 is 19.6 Å². The molecule has 0 aliphatic rings. The average molecular weight is 289 g/mol. The minimum Gasteiger partial charge on any atom is -0.508 e. The van der Waals surface area contributed by atoms with Crippen molar-refractivity contribution >= 4 is 0 Å². The number of phenolic OH excluding ortho intramolecular Hbond substituents is 1. The van der Waals surface area contributed by atoms with E-state index in [0.717, 1.165) is 28.4 Å². The monoisotopic (exact) mass is 289 g/mol. The highest BCUT2D eigenvalue weighted by Crippen LogP contribution is 2.30. The fourth-order valence-electron chi connectivity index (χ4n) is 2.64. The zero-order chi connectivity index (χ0) is 15.6. The molecule has 0 amide bonds. The summed E-state index contributed by atoms with van der Waals surface area (Å²) in [6.45, 7) is 8.02. The molecule has 2 aromatic rings. The predicted molar refractivity (Wildman–Crippen MR) is 82.8 cm³/mol. The van der Waals surface area contributed by atoms with E-state index in [-0.39, 0.29) is 17.8 Å².